The fourth-order valence-electron chi connectivity index (χ4n) is 1.02. The van der Waals surface area contributed by atoms with E-state index in [0.717, 1.165) is 0 Å². The Balaban J connectivity index is 2.91. The number of rotatable bonds is 3. The molecule has 0 saturated heterocycles. The monoisotopic (exact) mass is 178 g/mol. The Bertz CT molecular complexity index is 347. The third-order valence-corrected chi connectivity index (χ3v) is 1.59. The Labute approximate surface area is 75.5 Å². The lowest BCUT2D eigenvalue weighted by Crippen LogP contribution is -2.11. The number of aliphatic carboxylic acids is 1. The number of hydrogen-bond acceptors (Lipinski definition) is 2. The van der Waals surface area contributed by atoms with Crippen LogP contribution in [0.1, 0.15) is 11.1 Å². The van der Waals surface area contributed by atoms with Gasteiger partial charge in [-0.15, -0.1) is 0 Å². The van der Waals surface area contributed by atoms with Gasteiger partial charge in [0.05, 0.1) is 6.42 Å². The third kappa shape index (κ3) is 2.59. The molecular weight excluding hydrogens is 168 g/mol. The Hall–Kier alpha value is -1.84. The van der Waals surface area contributed by atoms with E-state index in [9.17, 15) is 4.79 Å². The highest BCUT2D eigenvalue weighted by atomic mass is 16.4. The zero-order valence-electron chi connectivity index (χ0n) is 6.95. The molecule has 0 unspecified atom stereocenters. The second kappa shape index (κ2) is 3.71. The molecule has 0 radical (unpaired) electrons. The van der Waals surface area contributed by atoms with Gasteiger partial charge in [-0.1, -0.05) is 18.2 Å². The topological polar surface area (TPSA) is 87.2 Å². The van der Waals surface area contributed by atoms with Crippen molar-refractivity contribution in [3.8, 4) is 0 Å². The van der Waals surface area contributed by atoms with Crippen LogP contribution in [-0.2, 0) is 11.2 Å². The van der Waals surface area contributed by atoms with Gasteiger partial charge in [0.25, 0.3) is 0 Å². The molecule has 0 atom stereocenters. The Morgan fingerprint density at radius 1 is 1.54 bits per heavy atom. The summed E-state index contributed by atoms with van der Waals surface area (Å²) in [5.74, 6) is -0.937. The minimum atomic E-state index is -0.888. The summed E-state index contributed by atoms with van der Waals surface area (Å²) in [6.45, 7) is 0. The largest absolute Gasteiger partial charge is 0.481 e. The van der Waals surface area contributed by atoms with Gasteiger partial charge in [0.1, 0.15) is 5.84 Å². The molecule has 0 aliphatic carbocycles. The summed E-state index contributed by atoms with van der Waals surface area (Å²) in [5.41, 5.74) is 6.46. The van der Waals surface area contributed by atoms with Gasteiger partial charge >= 0.3 is 5.97 Å². The molecule has 0 aromatic heterocycles. The number of carboxylic acids is 1. The van der Waals surface area contributed by atoms with Gasteiger partial charge in [0, 0.05) is 5.56 Å². The highest BCUT2D eigenvalue weighted by Gasteiger charge is 2.02. The van der Waals surface area contributed by atoms with Crippen LogP contribution < -0.4 is 5.73 Å². The molecule has 0 fully saturated rings. The van der Waals surface area contributed by atoms with E-state index in [1.807, 2.05) is 0 Å². The normalized spacial score (nSPS) is 9.54. The second-order valence-corrected chi connectivity index (χ2v) is 2.68. The van der Waals surface area contributed by atoms with E-state index in [4.69, 9.17) is 16.2 Å². The van der Waals surface area contributed by atoms with Crippen molar-refractivity contribution in [1.82, 2.24) is 0 Å². The van der Waals surface area contributed by atoms with E-state index in [1.54, 1.807) is 24.3 Å². The first-order valence-corrected chi connectivity index (χ1v) is 3.74. The molecule has 4 nitrogen and oxygen atoms in total. The molecule has 1 aromatic carbocycles. The van der Waals surface area contributed by atoms with Crippen LogP contribution >= 0.6 is 0 Å². The zero-order chi connectivity index (χ0) is 9.84. The lowest BCUT2D eigenvalue weighted by atomic mass is 10.1. The fourth-order valence-corrected chi connectivity index (χ4v) is 1.02. The number of nitrogens with one attached hydrogen (secondary N) is 1. The Morgan fingerprint density at radius 2 is 2.23 bits per heavy atom. The number of benzene rings is 1. The predicted molar refractivity (Wildman–Crippen MR) is 48.8 cm³/mol. The molecule has 0 saturated carbocycles. The van der Waals surface area contributed by atoms with Crippen LogP contribution in [0.2, 0.25) is 0 Å². The second-order valence-electron chi connectivity index (χ2n) is 2.68. The van der Waals surface area contributed by atoms with Crippen molar-refractivity contribution in [2.45, 2.75) is 6.42 Å². The van der Waals surface area contributed by atoms with Crippen molar-refractivity contribution in [3.05, 3.63) is 35.4 Å². The number of nitrogen functional groups attached to an aromatic ring is 1. The summed E-state index contributed by atoms with van der Waals surface area (Å²) in [6, 6.07) is 6.67. The smallest absolute Gasteiger partial charge is 0.307 e. The van der Waals surface area contributed by atoms with Gasteiger partial charge in [-0.05, 0) is 11.6 Å². The van der Waals surface area contributed by atoms with Gasteiger partial charge in [0.2, 0.25) is 0 Å². The van der Waals surface area contributed by atoms with Crippen molar-refractivity contribution in [1.29, 1.82) is 5.41 Å². The van der Waals surface area contributed by atoms with Crippen LogP contribution in [-0.4, -0.2) is 16.9 Å². The highest BCUT2D eigenvalue weighted by Crippen LogP contribution is 2.05. The number of amidine groups is 1. The maximum Gasteiger partial charge on any atom is 0.307 e. The molecule has 4 N–H and O–H groups in total. The quantitative estimate of drug-likeness (QED) is 0.467. The van der Waals surface area contributed by atoms with E-state index >= 15 is 0 Å². The predicted octanol–water partition coefficient (Wildman–Crippen LogP) is 0.598. The molecule has 0 amide bonds. The van der Waals surface area contributed by atoms with Crippen LogP contribution in [0.3, 0.4) is 0 Å². The fraction of sp³-hybridized carbons (Fsp3) is 0.111. The summed E-state index contributed by atoms with van der Waals surface area (Å²) >= 11 is 0. The molecule has 4 heteroatoms. The van der Waals surface area contributed by atoms with Gasteiger partial charge in [0.15, 0.2) is 0 Å². The number of carbonyl (C=O) groups is 1. The number of hydrogen-bond donors (Lipinski definition) is 3. The average Bonchev–Trinajstić information content (AvgIpc) is 2.03. The maximum atomic E-state index is 10.4. The first-order valence-electron chi connectivity index (χ1n) is 3.74. The molecule has 68 valence electrons. The van der Waals surface area contributed by atoms with Crippen molar-refractivity contribution in [3.63, 3.8) is 0 Å². The molecule has 13 heavy (non-hydrogen) atoms. The van der Waals surface area contributed by atoms with Crippen LogP contribution in [0.5, 0.6) is 0 Å². The van der Waals surface area contributed by atoms with Crippen LogP contribution in [0.15, 0.2) is 24.3 Å². The molecule has 1 rings (SSSR count). The Kier molecular flexibility index (Phi) is 2.64. The van der Waals surface area contributed by atoms with E-state index in [0.29, 0.717) is 11.1 Å². The highest BCUT2D eigenvalue weighted by molar-refractivity contribution is 5.95. The van der Waals surface area contributed by atoms with Crippen molar-refractivity contribution in [2.24, 2.45) is 5.73 Å². The van der Waals surface area contributed by atoms with Crippen LogP contribution in [0.25, 0.3) is 0 Å². The molecule has 0 aliphatic rings. The molecule has 1 aromatic rings. The van der Waals surface area contributed by atoms with E-state index in [-0.39, 0.29) is 12.3 Å². The van der Waals surface area contributed by atoms with Crippen molar-refractivity contribution >= 4 is 11.8 Å². The average molecular weight is 178 g/mol. The van der Waals surface area contributed by atoms with Crippen molar-refractivity contribution in [2.75, 3.05) is 0 Å². The minimum Gasteiger partial charge on any atom is -0.481 e. The van der Waals surface area contributed by atoms with Gasteiger partial charge in [-0.2, -0.15) is 0 Å². The SMILES string of the molecule is N=C(N)c1cccc(CC(=O)O)c1. The summed E-state index contributed by atoms with van der Waals surface area (Å²) in [6.07, 6.45) is -0.0406. The van der Waals surface area contributed by atoms with Crippen molar-refractivity contribution < 1.29 is 9.90 Å². The van der Waals surface area contributed by atoms with Gasteiger partial charge in [-0.25, -0.2) is 0 Å². The van der Waals surface area contributed by atoms with E-state index < -0.39 is 5.97 Å². The zero-order valence-corrected chi connectivity index (χ0v) is 6.95. The third-order valence-electron chi connectivity index (χ3n) is 1.59. The summed E-state index contributed by atoms with van der Waals surface area (Å²) in [4.78, 5) is 10.4. The van der Waals surface area contributed by atoms with Crippen LogP contribution in [0, 0.1) is 5.41 Å². The summed E-state index contributed by atoms with van der Waals surface area (Å²) in [7, 11) is 0. The van der Waals surface area contributed by atoms with E-state index in [2.05, 4.69) is 0 Å². The molecule has 0 heterocycles. The summed E-state index contributed by atoms with van der Waals surface area (Å²) in [5, 5.41) is 15.7. The molecule has 0 spiro atoms. The lowest BCUT2D eigenvalue weighted by Gasteiger charge is -2.00. The maximum absolute atomic E-state index is 10.4. The summed E-state index contributed by atoms with van der Waals surface area (Å²) < 4.78 is 0. The number of carboxylic acid groups (broad SMARTS) is 1. The minimum absolute atomic E-state index is 0.0406. The lowest BCUT2D eigenvalue weighted by molar-refractivity contribution is -0.136. The first kappa shape index (κ1) is 9.25. The molecule has 0 bridgehead atoms. The van der Waals surface area contributed by atoms with Gasteiger partial charge < -0.3 is 10.8 Å². The standard InChI is InChI=1S/C9H10N2O2/c10-9(11)7-3-1-2-6(4-7)5-8(12)13/h1-4H,5H2,(H3,10,11)(H,12,13). The van der Waals surface area contributed by atoms with Gasteiger partial charge in [-0.3, -0.25) is 10.2 Å². The van der Waals surface area contributed by atoms with E-state index in [1.165, 1.54) is 0 Å². The molecule has 0 aliphatic heterocycles. The van der Waals surface area contributed by atoms with Crippen LogP contribution in [0.4, 0.5) is 0 Å². The number of nitrogens with two attached hydrogens (primary N) is 1. The molecular formula is C9H10N2O2. The Morgan fingerprint density at radius 3 is 2.77 bits per heavy atom. The first-order chi connectivity index (χ1) is 6.09.